The molecule has 25 heavy (non-hydrogen) atoms. The number of hydrogen-bond acceptors (Lipinski definition) is 3. The number of carbonyl (C=O) groups is 2. The van der Waals surface area contributed by atoms with E-state index in [4.69, 9.17) is 4.74 Å². The Kier molecular flexibility index (Phi) is 4.80. The number of piperidine rings is 1. The van der Waals surface area contributed by atoms with Crippen LogP contribution in [0.3, 0.4) is 0 Å². The summed E-state index contributed by atoms with van der Waals surface area (Å²) in [5.41, 5.74) is -0.450. The van der Waals surface area contributed by atoms with Crippen molar-refractivity contribution >= 4 is 12.0 Å². The summed E-state index contributed by atoms with van der Waals surface area (Å²) < 4.78 is 5.57. The molecule has 0 aromatic carbocycles. The van der Waals surface area contributed by atoms with Crippen LogP contribution in [0.15, 0.2) is 0 Å². The molecule has 0 aromatic heterocycles. The number of nitrogens with one attached hydrogen (secondary N) is 1. The van der Waals surface area contributed by atoms with Crippen LogP contribution >= 0.6 is 0 Å². The molecule has 0 bridgehead atoms. The van der Waals surface area contributed by atoms with Crippen molar-refractivity contribution in [3.8, 4) is 0 Å². The summed E-state index contributed by atoms with van der Waals surface area (Å²) in [6, 6.07) is -0.0502. The maximum atomic E-state index is 12.9. The fraction of sp³-hybridized carbons (Fsp3) is 0.900. The van der Waals surface area contributed by atoms with Crippen molar-refractivity contribution in [2.24, 2.45) is 11.3 Å². The van der Waals surface area contributed by atoms with Gasteiger partial charge in [0.2, 0.25) is 5.91 Å². The highest BCUT2D eigenvalue weighted by atomic mass is 16.6. The van der Waals surface area contributed by atoms with Crippen molar-refractivity contribution in [2.75, 3.05) is 0 Å². The first-order valence-electron chi connectivity index (χ1n) is 9.92. The Morgan fingerprint density at radius 2 is 1.80 bits per heavy atom. The second kappa shape index (κ2) is 6.48. The summed E-state index contributed by atoms with van der Waals surface area (Å²) >= 11 is 0. The number of hydrogen-bond donors (Lipinski definition) is 1. The molecule has 4 atom stereocenters. The molecule has 1 saturated heterocycles. The molecule has 2 amide bonds. The van der Waals surface area contributed by atoms with Crippen molar-refractivity contribution < 1.29 is 14.3 Å². The lowest BCUT2D eigenvalue weighted by molar-refractivity contribution is -0.127. The normalized spacial score (nSPS) is 33.6. The fourth-order valence-corrected chi connectivity index (χ4v) is 4.65. The third kappa shape index (κ3) is 3.95. The molecule has 1 heterocycles. The summed E-state index contributed by atoms with van der Waals surface area (Å²) in [6.07, 6.45) is 7.62. The van der Waals surface area contributed by atoms with Crippen LogP contribution in [0.1, 0.15) is 79.6 Å². The molecule has 3 aliphatic rings. The van der Waals surface area contributed by atoms with Gasteiger partial charge in [0.25, 0.3) is 0 Å². The molecule has 3 fully saturated rings. The Bertz CT molecular complexity index is 536. The minimum Gasteiger partial charge on any atom is -0.444 e. The predicted molar refractivity (Wildman–Crippen MR) is 97.2 cm³/mol. The lowest BCUT2D eigenvalue weighted by Gasteiger charge is -2.32. The van der Waals surface area contributed by atoms with Gasteiger partial charge in [0.05, 0.1) is 0 Å². The van der Waals surface area contributed by atoms with Gasteiger partial charge in [0.1, 0.15) is 11.6 Å². The summed E-state index contributed by atoms with van der Waals surface area (Å²) in [4.78, 5) is 27.3. The molecule has 142 valence electrons. The van der Waals surface area contributed by atoms with Crippen molar-refractivity contribution in [2.45, 2.75) is 103 Å². The van der Waals surface area contributed by atoms with Crippen LogP contribution in [0, 0.1) is 11.3 Å². The van der Waals surface area contributed by atoms with Crippen molar-refractivity contribution in [3.05, 3.63) is 0 Å². The molecule has 1 N–H and O–H groups in total. The Labute approximate surface area is 151 Å². The van der Waals surface area contributed by atoms with E-state index in [1.807, 2.05) is 20.8 Å². The lowest BCUT2D eigenvalue weighted by Crippen LogP contribution is -2.52. The Morgan fingerprint density at radius 1 is 1.16 bits per heavy atom. The van der Waals surface area contributed by atoms with E-state index in [0.717, 1.165) is 12.8 Å². The standard InChI is InChI=1S/C20H34N2O3/c1-13(14-9-7-6-8-10-14)21-17(23)15-11-20(5)12-16(20)22(15)18(24)25-19(2,3)4/h13-16H,6-12H2,1-5H3,(H,21,23)/t13-,15+,16-,20+/m1/s1. The van der Waals surface area contributed by atoms with Gasteiger partial charge in [-0.15, -0.1) is 0 Å². The van der Waals surface area contributed by atoms with Gasteiger partial charge in [0.15, 0.2) is 0 Å². The highest BCUT2D eigenvalue weighted by Gasteiger charge is 2.65. The summed E-state index contributed by atoms with van der Waals surface area (Å²) in [6.45, 7) is 9.89. The first-order valence-corrected chi connectivity index (χ1v) is 9.92. The quantitative estimate of drug-likeness (QED) is 0.841. The van der Waals surface area contributed by atoms with Gasteiger partial charge in [-0.05, 0) is 64.7 Å². The maximum absolute atomic E-state index is 12.9. The van der Waals surface area contributed by atoms with Gasteiger partial charge in [-0.1, -0.05) is 26.2 Å². The molecular weight excluding hydrogens is 316 g/mol. The summed E-state index contributed by atoms with van der Waals surface area (Å²) in [7, 11) is 0. The van der Waals surface area contributed by atoms with Crippen LogP contribution in [-0.2, 0) is 9.53 Å². The number of ether oxygens (including phenoxy) is 1. The van der Waals surface area contributed by atoms with Crippen LogP contribution in [0.4, 0.5) is 4.79 Å². The topological polar surface area (TPSA) is 58.6 Å². The number of nitrogens with zero attached hydrogens (tertiary/aromatic N) is 1. The zero-order valence-corrected chi connectivity index (χ0v) is 16.4. The van der Waals surface area contributed by atoms with Crippen LogP contribution < -0.4 is 5.32 Å². The van der Waals surface area contributed by atoms with Gasteiger partial charge in [-0.2, -0.15) is 0 Å². The first kappa shape index (κ1) is 18.5. The Morgan fingerprint density at radius 3 is 2.40 bits per heavy atom. The summed E-state index contributed by atoms with van der Waals surface area (Å²) in [5, 5.41) is 3.21. The molecule has 5 nitrogen and oxygen atoms in total. The number of carbonyl (C=O) groups excluding carboxylic acids is 2. The third-order valence-corrected chi connectivity index (χ3v) is 6.27. The van der Waals surface area contributed by atoms with E-state index < -0.39 is 5.60 Å². The van der Waals surface area contributed by atoms with E-state index in [-0.39, 0.29) is 35.5 Å². The monoisotopic (exact) mass is 350 g/mol. The second-order valence-electron chi connectivity index (χ2n) is 9.68. The molecule has 0 spiro atoms. The smallest absolute Gasteiger partial charge is 0.411 e. The molecule has 0 aromatic rings. The highest BCUT2D eigenvalue weighted by Crippen LogP contribution is 2.59. The van der Waals surface area contributed by atoms with Crippen LogP contribution in [0.25, 0.3) is 0 Å². The molecule has 1 aliphatic heterocycles. The van der Waals surface area contributed by atoms with Crippen molar-refractivity contribution in [1.82, 2.24) is 10.2 Å². The fourth-order valence-electron chi connectivity index (χ4n) is 4.65. The maximum Gasteiger partial charge on any atom is 0.411 e. The number of amides is 2. The van der Waals surface area contributed by atoms with Gasteiger partial charge in [0, 0.05) is 12.1 Å². The Balaban J connectivity index is 1.64. The van der Waals surface area contributed by atoms with Crippen LogP contribution in [-0.4, -0.2) is 40.6 Å². The van der Waals surface area contributed by atoms with Crippen molar-refractivity contribution in [3.63, 3.8) is 0 Å². The van der Waals surface area contributed by atoms with Gasteiger partial charge in [-0.25, -0.2) is 4.79 Å². The number of likely N-dealkylation sites (tertiary alicyclic amines) is 1. The molecule has 2 aliphatic carbocycles. The van der Waals surface area contributed by atoms with E-state index in [1.54, 1.807) is 4.90 Å². The lowest BCUT2D eigenvalue weighted by atomic mass is 9.84. The van der Waals surface area contributed by atoms with E-state index in [9.17, 15) is 9.59 Å². The van der Waals surface area contributed by atoms with E-state index in [2.05, 4.69) is 19.2 Å². The van der Waals surface area contributed by atoms with Crippen LogP contribution in [0.5, 0.6) is 0 Å². The predicted octanol–water partition coefficient (Wildman–Crippen LogP) is 3.86. The van der Waals surface area contributed by atoms with E-state index in [1.165, 1.54) is 32.1 Å². The third-order valence-electron chi connectivity index (χ3n) is 6.27. The van der Waals surface area contributed by atoms with E-state index >= 15 is 0 Å². The molecule has 5 heteroatoms. The minimum absolute atomic E-state index is 0.00245. The largest absolute Gasteiger partial charge is 0.444 e. The zero-order chi connectivity index (χ0) is 18.4. The SMILES string of the molecule is C[C@@H](NC(=O)[C@@H]1C[C@@]2(C)C[C@H]2N1C(=O)OC(C)(C)C)C1CCCCC1. The highest BCUT2D eigenvalue weighted by molar-refractivity contribution is 5.87. The number of fused-ring (bicyclic) bond motifs is 1. The average molecular weight is 351 g/mol. The molecule has 0 radical (unpaired) electrons. The minimum atomic E-state index is -0.540. The number of rotatable bonds is 3. The molecule has 0 unspecified atom stereocenters. The van der Waals surface area contributed by atoms with Gasteiger partial charge < -0.3 is 10.1 Å². The van der Waals surface area contributed by atoms with Gasteiger partial charge in [-0.3, -0.25) is 9.69 Å². The molecular formula is C20H34N2O3. The average Bonchev–Trinajstić information content (AvgIpc) is 3.07. The second-order valence-corrected chi connectivity index (χ2v) is 9.68. The summed E-state index contributed by atoms with van der Waals surface area (Å²) in [5.74, 6) is 0.566. The molecule has 2 saturated carbocycles. The van der Waals surface area contributed by atoms with Gasteiger partial charge >= 0.3 is 6.09 Å². The Hall–Kier alpha value is -1.26. The first-order chi connectivity index (χ1) is 11.6. The van der Waals surface area contributed by atoms with Crippen LogP contribution in [0.2, 0.25) is 0 Å². The van der Waals surface area contributed by atoms with E-state index in [0.29, 0.717) is 5.92 Å². The van der Waals surface area contributed by atoms with Crippen molar-refractivity contribution in [1.29, 1.82) is 0 Å². The zero-order valence-electron chi connectivity index (χ0n) is 16.4. The molecule has 3 rings (SSSR count).